The van der Waals surface area contributed by atoms with E-state index in [0.717, 1.165) is 18.1 Å². The summed E-state index contributed by atoms with van der Waals surface area (Å²) in [5, 5.41) is 2.58. The first kappa shape index (κ1) is 21.0. The predicted molar refractivity (Wildman–Crippen MR) is 143 cm³/mol. The molecule has 36 heavy (non-hydrogen) atoms. The van der Waals surface area contributed by atoms with Crippen molar-refractivity contribution < 1.29 is 4.74 Å². The molecule has 5 heterocycles. The van der Waals surface area contributed by atoms with Crippen LogP contribution < -0.4 is 0 Å². The van der Waals surface area contributed by atoms with E-state index in [1.807, 2.05) is 12.4 Å². The number of hydrogen-bond acceptors (Lipinski definition) is 3. The zero-order valence-corrected chi connectivity index (χ0v) is 21.6. The van der Waals surface area contributed by atoms with Crippen molar-refractivity contribution in [2.24, 2.45) is 11.3 Å². The molecule has 2 spiro atoms. The zero-order chi connectivity index (χ0) is 23.7. The average molecular weight is 479 g/mol. The van der Waals surface area contributed by atoms with Crippen LogP contribution in [0.4, 0.5) is 0 Å². The molecule has 4 aliphatic carbocycles. The minimum atomic E-state index is -0.0422. The second-order valence-electron chi connectivity index (χ2n) is 13.7. The molecule has 186 valence electrons. The largest absolute Gasteiger partial charge is 0.359 e. The van der Waals surface area contributed by atoms with E-state index in [4.69, 9.17) is 4.74 Å². The van der Waals surface area contributed by atoms with Gasteiger partial charge < -0.3 is 4.74 Å². The normalized spacial score (nSPS) is 46.5. The highest BCUT2D eigenvalue weighted by molar-refractivity contribution is 5.82. The van der Waals surface area contributed by atoms with Gasteiger partial charge >= 0.3 is 0 Å². The van der Waals surface area contributed by atoms with Crippen LogP contribution in [0.25, 0.3) is 10.8 Å². The van der Waals surface area contributed by atoms with Gasteiger partial charge in [-0.15, -0.1) is 0 Å². The first-order valence-electron chi connectivity index (χ1n) is 14.8. The van der Waals surface area contributed by atoms with Crippen LogP contribution in [0.2, 0.25) is 0 Å². The fourth-order valence-electron chi connectivity index (χ4n) is 10.7. The van der Waals surface area contributed by atoms with Crippen molar-refractivity contribution in [3.63, 3.8) is 0 Å². The minimum absolute atomic E-state index is 0.0280. The van der Waals surface area contributed by atoms with Crippen LogP contribution >= 0.6 is 0 Å². The van der Waals surface area contributed by atoms with Crippen LogP contribution in [0.1, 0.15) is 89.0 Å². The summed E-state index contributed by atoms with van der Waals surface area (Å²) in [5.74, 6) is 1.22. The third-order valence-electron chi connectivity index (χ3n) is 12.4. The van der Waals surface area contributed by atoms with Gasteiger partial charge in [0.2, 0.25) is 0 Å². The highest BCUT2D eigenvalue weighted by atomic mass is 16.5. The molecule has 3 heteroatoms. The lowest BCUT2D eigenvalue weighted by Crippen LogP contribution is -2.59. The maximum atomic E-state index is 7.58. The number of fused-ring (bicyclic) bond motifs is 3. The number of allylic oxidation sites excluding steroid dienone is 1. The third-order valence-corrected chi connectivity index (χ3v) is 12.4. The van der Waals surface area contributed by atoms with Gasteiger partial charge in [0.15, 0.2) is 0 Å². The molecule has 1 aromatic carbocycles. The van der Waals surface area contributed by atoms with Gasteiger partial charge in [0, 0.05) is 35.9 Å². The van der Waals surface area contributed by atoms with Crippen LogP contribution in [0.3, 0.4) is 0 Å². The highest BCUT2D eigenvalue weighted by Crippen LogP contribution is 2.69. The lowest BCUT2D eigenvalue weighted by Gasteiger charge is -2.56. The number of pyridine rings is 1. The van der Waals surface area contributed by atoms with Crippen molar-refractivity contribution in [3.05, 3.63) is 65.5 Å². The summed E-state index contributed by atoms with van der Waals surface area (Å²) in [7, 11) is 0. The molecule has 4 aliphatic heterocycles. The smallest absolute Gasteiger partial charge is 0.0974 e. The Balaban J connectivity index is 1.07. The Hall–Kier alpha value is -1.97. The summed E-state index contributed by atoms with van der Waals surface area (Å²) in [6, 6.07) is 11.8. The molecule has 3 saturated carbocycles. The molecule has 0 N–H and O–H groups in total. The molecule has 8 unspecified atom stereocenters. The van der Waals surface area contributed by atoms with Gasteiger partial charge in [0.25, 0.3) is 0 Å². The van der Waals surface area contributed by atoms with Crippen LogP contribution in [-0.2, 0) is 4.74 Å². The van der Waals surface area contributed by atoms with Crippen molar-refractivity contribution in [2.75, 3.05) is 0 Å². The third kappa shape index (κ3) is 2.50. The fraction of sp³-hybridized carbons (Fsp3) is 0.606. The van der Waals surface area contributed by atoms with Crippen molar-refractivity contribution in [3.8, 4) is 0 Å². The Morgan fingerprint density at radius 2 is 1.89 bits per heavy atom. The summed E-state index contributed by atoms with van der Waals surface area (Å²) in [5.41, 5.74) is 4.96. The Bertz CT molecular complexity index is 1330. The number of rotatable bonds is 2. The Morgan fingerprint density at radius 3 is 2.78 bits per heavy atom. The predicted octanol–water partition coefficient (Wildman–Crippen LogP) is 7.08. The van der Waals surface area contributed by atoms with E-state index in [1.54, 1.807) is 11.1 Å². The summed E-state index contributed by atoms with van der Waals surface area (Å²) >= 11 is 0. The molecule has 1 aromatic heterocycles. The molecule has 4 bridgehead atoms. The van der Waals surface area contributed by atoms with E-state index >= 15 is 0 Å². The summed E-state index contributed by atoms with van der Waals surface area (Å²) in [6.45, 7) is 2.60. The van der Waals surface area contributed by atoms with E-state index in [9.17, 15) is 0 Å². The topological polar surface area (TPSA) is 25.4 Å². The van der Waals surface area contributed by atoms with Crippen molar-refractivity contribution in [1.82, 2.24) is 9.88 Å². The summed E-state index contributed by atoms with van der Waals surface area (Å²) in [6.07, 6.45) is 23.7. The van der Waals surface area contributed by atoms with Crippen LogP contribution in [-0.4, -0.2) is 39.2 Å². The Morgan fingerprint density at radius 1 is 0.972 bits per heavy atom. The van der Waals surface area contributed by atoms with Gasteiger partial charge in [0.1, 0.15) is 0 Å². The number of aromatic nitrogens is 1. The van der Waals surface area contributed by atoms with Gasteiger partial charge in [0.05, 0.1) is 11.2 Å². The van der Waals surface area contributed by atoms with Gasteiger partial charge in [-0.25, -0.2) is 0 Å². The standard InChI is InChI=1S/C33H38N2O/c1-31-12-10-25-17-24-4-5-28(35-26-6-7-27(35)18-26)19-32(24)13-14-33(25,36-32)30(31)9-8-29(31)22-3-2-21-11-15-34-20-23(21)16-22/h2-3,10-11,15-17,20,26-30H,4-9,12-14,18-19H2,1H3. The molecule has 8 atom stereocenters. The molecule has 0 amide bonds. The average Bonchev–Trinajstić information content (AvgIpc) is 3.66. The van der Waals surface area contributed by atoms with Crippen LogP contribution in [0.15, 0.2) is 60.0 Å². The number of ether oxygens (including phenoxy) is 1. The Kier molecular flexibility index (Phi) is 4.03. The van der Waals surface area contributed by atoms with E-state index in [-0.39, 0.29) is 16.6 Å². The molecule has 0 radical (unpaired) electrons. The van der Waals surface area contributed by atoms with Crippen molar-refractivity contribution in [1.29, 1.82) is 0 Å². The molecular weight excluding hydrogens is 440 g/mol. The van der Waals surface area contributed by atoms with Crippen LogP contribution in [0.5, 0.6) is 0 Å². The lowest BCUT2D eigenvalue weighted by molar-refractivity contribution is -0.146. The SMILES string of the molecule is CC12CC=C3C=C4CCC(N5C6CCC5C6)CC45CCC3(O5)C1CCC2c1ccc2ccncc2c1. The van der Waals surface area contributed by atoms with E-state index in [0.29, 0.717) is 11.8 Å². The van der Waals surface area contributed by atoms with Gasteiger partial charge in [-0.05, 0) is 122 Å². The maximum Gasteiger partial charge on any atom is 0.0974 e. The fourth-order valence-corrected chi connectivity index (χ4v) is 10.7. The second-order valence-corrected chi connectivity index (χ2v) is 13.7. The maximum absolute atomic E-state index is 7.58. The molecule has 10 rings (SSSR count). The molecule has 6 fully saturated rings. The van der Waals surface area contributed by atoms with E-state index in [1.165, 1.54) is 87.0 Å². The van der Waals surface area contributed by atoms with Gasteiger partial charge in [-0.2, -0.15) is 0 Å². The summed E-state index contributed by atoms with van der Waals surface area (Å²) in [4.78, 5) is 7.33. The molecule has 3 saturated heterocycles. The molecular formula is C33H38N2O. The Labute approximate surface area is 215 Å². The first-order valence-corrected chi connectivity index (χ1v) is 14.8. The monoisotopic (exact) mass is 478 g/mol. The number of benzene rings is 1. The minimum Gasteiger partial charge on any atom is -0.359 e. The second kappa shape index (κ2) is 6.91. The van der Waals surface area contributed by atoms with Crippen molar-refractivity contribution >= 4 is 10.8 Å². The summed E-state index contributed by atoms with van der Waals surface area (Å²) < 4.78 is 7.58. The molecule has 2 aromatic rings. The highest BCUT2D eigenvalue weighted by Gasteiger charge is 2.67. The zero-order valence-electron chi connectivity index (χ0n) is 21.6. The van der Waals surface area contributed by atoms with Gasteiger partial charge in [-0.3, -0.25) is 9.88 Å². The van der Waals surface area contributed by atoms with Gasteiger partial charge in [-0.1, -0.05) is 31.2 Å². The van der Waals surface area contributed by atoms with E-state index in [2.05, 4.69) is 53.2 Å². The first-order chi connectivity index (χ1) is 17.6. The molecule has 8 aliphatic rings. The number of hydrogen-bond donors (Lipinski definition) is 0. The van der Waals surface area contributed by atoms with E-state index < -0.39 is 0 Å². The number of nitrogens with zero attached hydrogens (tertiary/aromatic N) is 2. The lowest BCUT2D eigenvalue weighted by atomic mass is 9.58. The van der Waals surface area contributed by atoms with Crippen LogP contribution in [0, 0.1) is 11.3 Å². The van der Waals surface area contributed by atoms with Crippen molar-refractivity contribution in [2.45, 2.75) is 113 Å². The molecule has 3 nitrogen and oxygen atoms in total. The quantitative estimate of drug-likeness (QED) is 0.461.